The van der Waals surface area contributed by atoms with E-state index < -0.39 is 11.1 Å². The summed E-state index contributed by atoms with van der Waals surface area (Å²) < 4.78 is 25.5. The topological polar surface area (TPSA) is 75.2 Å². The van der Waals surface area contributed by atoms with Crippen LogP contribution < -0.4 is 0 Å². The summed E-state index contributed by atoms with van der Waals surface area (Å²) in [6, 6.07) is 20.0. The van der Waals surface area contributed by atoms with Crippen molar-refractivity contribution in [1.29, 1.82) is 0 Å². The van der Waals surface area contributed by atoms with Crippen molar-refractivity contribution in [1.82, 2.24) is 9.97 Å². The van der Waals surface area contributed by atoms with Crippen molar-refractivity contribution in [2.45, 2.75) is 25.0 Å². The van der Waals surface area contributed by atoms with E-state index in [2.05, 4.69) is 11.1 Å². The first-order valence-corrected chi connectivity index (χ1v) is 12.7. The zero-order valence-corrected chi connectivity index (χ0v) is 19.7. The number of aromatic amines is 1. The Kier molecular flexibility index (Phi) is 6.60. The Morgan fingerprint density at radius 3 is 2.30 bits per heavy atom. The molecular weight excluding hydrogens is 456 g/mol. The van der Waals surface area contributed by atoms with Gasteiger partial charge in [0.05, 0.1) is 27.5 Å². The average molecular weight is 481 g/mol. The zero-order valence-electron chi connectivity index (χ0n) is 18.1. The van der Waals surface area contributed by atoms with E-state index in [1.165, 1.54) is 5.69 Å². The van der Waals surface area contributed by atoms with E-state index in [0.29, 0.717) is 10.9 Å². The summed E-state index contributed by atoms with van der Waals surface area (Å²) >= 11 is 4.78. The third-order valence-electron chi connectivity index (χ3n) is 6.20. The number of pyridine rings is 1. The van der Waals surface area contributed by atoms with Crippen molar-refractivity contribution in [2.24, 2.45) is 5.92 Å². The molecule has 7 heteroatoms. The first kappa shape index (κ1) is 22.3. The molecule has 4 aromatic rings. The second-order valence-corrected chi connectivity index (χ2v) is 9.88. The van der Waals surface area contributed by atoms with Crippen molar-refractivity contribution in [3.05, 3.63) is 76.9 Å². The van der Waals surface area contributed by atoms with Crippen LogP contribution in [0.2, 0.25) is 5.02 Å². The van der Waals surface area contributed by atoms with Gasteiger partial charge in [0, 0.05) is 24.5 Å². The van der Waals surface area contributed by atoms with Gasteiger partial charge in [-0.15, -0.1) is 0 Å². The van der Waals surface area contributed by atoms with Crippen LogP contribution >= 0.6 is 11.6 Å². The van der Waals surface area contributed by atoms with E-state index in [1.807, 2.05) is 54.6 Å². The predicted molar refractivity (Wildman–Crippen MR) is 134 cm³/mol. The molecule has 1 atom stereocenters. The molecule has 33 heavy (non-hydrogen) atoms. The number of H-pyrrole nitrogens is 1. The minimum Gasteiger partial charge on any atom is -0.381 e. The maximum Gasteiger partial charge on any atom is 0.157 e. The molecule has 0 bridgehead atoms. The molecule has 1 unspecified atom stereocenters. The summed E-state index contributed by atoms with van der Waals surface area (Å²) in [7, 11) is 0. The monoisotopic (exact) mass is 480 g/mol. The molecule has 1 fully saturated rings. The molecule has 1 aliphatic rings. The zero-order chi connectivity index (χ0) is 22.8. The summed E-state index contributed by atoms with van der Waals surface area (Å²) in [6.45, 7) is 1.70. The number of hydrogen-bond donors (Lipinski definition) is 2. The van der Waals surface area contributed by atoms with E-state index in [0.717, 1.165) is 71.5 Å². The van der Waals surface area contributed by atoms with Gasteiger partial charge >= 0.3 is 0 Å². The van der Waals surface area contributed by atoms with Crippen LogP contribution in [0.5, 0.6) is 0 Å². The Morgan fingerprint density at radius 2 is 1.64 bits per heavy atom. The van der Waals surface area contributed by atoms with Crippen molar-refractivity contribution < 1.29 is 13.5 Å². The van der Waals surface area contributed by atoms with Crippen LogP contribution in [-0.4, -0.2) is 31.9 Å². The minimum atomic E-state index is -1.83. The van der Waals surface area contributed by atoms with Crippen molar-refractivity contribution in [3.8, 4) is 22.4 Å². The lowest BCUT2D eigenvalue weighted by atomic mass is 9.95. The molecule has 0 amide bonds. The summed E-state index contributed by atoms with van der Waals surface area (Å²) in [6.07, 6.45) is 3.21. The van der Waals surface area contributed by atoms with Gasteiger partial charge in [-0.25, -0.2) is 9.19 Å². The molecule has 5 nitrogen and oxygen atoms in total. The number of ether oxygens (including phenoxy) is 1. The highest BCUT2D eigenvalue weighted by atomic mass is 35.5. The number of halogens is 1. The van der Waals surface area contributed by atoms with Crippen LogP contribution in [0.3, 0.4) is 0 Å². The smallest absolute Gasteiger partial charge is 0.157 e. The van der Waals surface area contributed by atoms with Crippen LogP contribution in [0, 0.1) is 5.92 Å². The van der Waals surface area contributed by atoms with Crippen LogP contribution in [-0.2, 0) is 28.0 Å². The van der Waals surface area contributed by atoms with Crippen LogP contribution in [0.1, 0.15) is 24.1 Å². The fourth-order valence-corrected chi connectivity index (χ4v) is 5.16. The molecule has 1 saturated heterocycles. The van der Waals surface area contributed by atoms with E-state index >= 15 is 0 Å². The SMILES string of the molecule is O=S(O)Cc1ccc(-c2ccc(-c3nc4cc(CC5CCOCC5)[nH]c4cc3Cl)cc2)cc1. The summed E-state index contributed by atoms with van der Waals surface area (Å²) in [5, 5.41) is 0.621. The summed E-state index contributed by atoms with van der Waals surface area (Å²) in [5.74, 6) is 0.788. The van der Waals surface area contributed by atoms with E-state index in [-0.39, 0.29) is 5.75 Å². The van der Waals surface area contributed by atoms with Gasteiger partial charge in [0.15, 0.2) is 11.1 Å². The molecule has 0 aliphatic carbocycles. The minimum absolute atomic E-state index is 0.141. The largest absolute Gasteiger partial charge is 0.381 e. The second-order valence-electron chi connectivity index (χ2n) is 8.55. The third-order valence-corrected chi connectivity index (χ3v) is 7.07. The van der Waals surface area contributed by atoms with Gasteiger partial charge in [0.1, 0.15) is 0 Å². The van der Waals surface area contributed by atoms with Gasteiger partial charge in [-0.2, -0.15) is 0 Å². The van der Waals surface area contributed by atoms with Crippen molar-refractivity contribution in [2.75, 3.05) is 13.2 Å². The van der Waals surface area contributed by atoms with E-state index in [4.69, 9.17) is 25.9 Å². The second kappa shape index (κ2) is 9.77. The molecule has 2 N–H and O–H groups in total. The molecule has 2 aromatic heterocycles. The third kappa shape index (κ3) is 5.20. The summed E-state index contributed by atoms with van der Waals surface area (Å²) in [4.78, 5) is 8.35. The first-order valence-electron chi connectivity index (χ1n) is 11.1. The molecular formula is C26H25ClN2O3S. The predicted octanol–water partition coefficient (Wildman–Crippen LogP) is 6.24. The number of fused-ring (bicyclic) bond motifs is 1. The molecule has 0 spiro atoms. The molecule has 3 heterocycles. The highest BCUT2D eigenvalue weighted by Crippen LogP contribution is 2.32. The average Bonchev–Trinajstić information content (AvgIpc) is 3.20. The van der Waals surface area contributed by atoms with E-state index in [9.17, 15) is 4.21 Å². The number of hydrogen-bond acceptors (Lipinski definition) is 3. The molecule has 170 valence electrons. The Hall–Kier alpha value is -2.51. The summed E-state index contributed by atoms with van der Waals surface area (Å²) in [5.41, 5.74) is 7.77. The van der Waals surface area contributed by atoms with Gasteiger partial charge in [0.25, 0.3) is 0 Å². The first-order chi connectivity index (χ1) is 16.0. The van der Waals surface area contributed by atoms with Gasteiger partial charge in [-0.1, -0.05) is 60.1 Å². The Morgan fingerprint density at radius 1 is 1.00 bits per heavy atom. The number of aromatic nitrogens is 2. The quantitative estimate of drug-likeness (QED) is 0.320. The van der Waals surface area contributed by atoms with Crippen molar-refractivity contribution in [3.63, 3.8) is 0 Å². The number of nitrogens with zero attached hydrogens (tertiary/aromatic N) is 1. The number of rotatable bonds is 6. The maximum atomic E-state index is 11.0. The highest BCUT2D eigenvalue weighted by Gasteiger charge is 2.17. The molecule has 0 radical (unpaired) electrons. The van der Waals surface area contributed by atoms with Crippen LogP contribution in [0.4, 0.5) is 0 Å². The Labute approximate surface area is 200 Å². The van der Waals surface area contributed by atoms with E-state index in [1.54, 1.807) is 0 Å². The fraction of sp³-hybridized carbons (Fsp3) is 0.269. The molecule has 2 aromatic carbocycles. The fourth-order valence-electron chi connectivity index (χ4n) is 4.42. The Bertz CT molecular complexity index is 1280. The molecule has 1 aliphatic heterocycles. The standard InChI is InChI=1S/C26H25ClN2O3S/c27-23-15-25-24(14-22(28-25)13-17-9-11-32-12-10-17)29-26(23)21-7-5-20(6-8-21)19-3-1-18(2-4-19)16-33(30)31/h1-8,14-15,17,28H,9-13,16H2,(H,30,31). The van der Waals surface area contributed by atoms with Gasteiger partial charge < -0.3 is 14.3 Å². The Balaban J connectivity index is 1.36. The molecule has 5 rings (SSSR count). The van der Waals surface area contributed by atoms with Gasteiger partial charge in [0.2, 0.25) is 0 Å². The van der Waals surface area contributed by atoms with Gasteiger partial charge in [-0.05, 0) is 54.0 Å². The normalized spacial score (nSPS) is 15.7. The highest BCUT2D eigenvalue weighted by molar-refractivity contribution is 7.78. The lowest BCUT2D eigenvalue weighted by Gasteiger charge is -2.21. The lowest BCUT2D eigenvalue weighted by Crippen LogP contribution is -2.17. The van der Waals surface area contributed by atoms with Gasteiger partial charge in [-0.3, -0.25) is 0 Å². The number of benzene rings is 2. The van der Waals surface area contributed by atoms with Crippen LogP contribution in [0.25, 0.3) is 33.4 Å². The lowest BCUT2D eigenvalue weighted by molar-refractivity contribution is 0.0663. The van der Waals surface area contributed by atoms with Crippen molar-refractivity contribution >= 4 is 33.7 Å². The maximum absolute atomic E-state index is 11.0. The molecule has 0 saturated carbocycles. The number of nitrogens with one attached hydrogen (secondary N) is 1. The van der Waals surface area contributed by atoms with Crippen LogP contribution in [0.15, 0.2) is 60.7 Å².